The number of methoxy groups -OCH3 is 1. The number of rotatable bonds is 8. The first-order chi connectivity index (χ1) is 18.0. The van der Waals surface area contributed by atoms with Crippen LogP contribution in [0.25, 0.3) is 11.4 Å². The van der Waals surface area contributed by atoms with Gasteiger partial charge in [0.05, 0.1) is 24.0 Å². The first-order valence-corrected chi connectivity index (χ1v) is 13.9. The average molecular weight is 554 g/mol. The third-order valence-corrected chi connectivity index (χ3v) is 8.19. The SMILES string of the molecule is COc1ccc(Cl)cc1-c1nc(SCC(=O)Nc2sc3c(c2C(=O)Nc2ccccc2)CCCC3)n[nH]1. The van der Waals surface area contributed by atoms with Crippen molar-refractivity contribution in [3.8, 4) is 17.1 Å². The zero-order chi connectivity index (χ0) is 25.8. The van der Waals surface area contributed by atoms with Gasteiger partial charge in [0.1, 0.15) is 10.8 Å². The van der Waals surface area contributed by atoms with Crippen molar-refractivity contribution in [3.63, 3.8) is 0 Å². The van der Waals surface area contributed by atoms with Gasteiger partial charge in [-0.15, -0.1) is 16.4 Å². The highest BCUT2D eigenvalue weighted by Gasteiger charge is 2.26. The predicted molar refractivity (Wildman–Crippen MR) is 148 cm³/mol. The number of carbonyl (C=O) groups excluding carboxylic acids is 2. The second-order valence-electron chi connectivity index (χ2n) is 8.38. The zero-order valence-electron chi connectivity index (χ0n) is 20.0. The third-order valence-electron chi connectivity index (χ3n) is 5.90. The molecule has 37 heavy (non-hydrogen) atoms. The maximum Gasteiger partial charge on any atom is 0.258 e. The van der Waals surface area contributed by atoms with Crippen LogP contribution in [0, 0.1) is 0 Å². The van der Waals surface area contributed by atoms with Crippen LogP contribution in [-0.4, -0.2) is 39.9 Å². The van der Waals surface area contributed by atoms with Crippen LogP contribution in [0.3, 0.4) is 0 Å². The first-order valence-electron chi connectivity index (χ1n) is 11.7. The Morgan fingerprint density at radius 2 is 1.95 bits per heavy atom. The number of fused-ring (bicyclic) bond motifs is 1. The molecule has 8 nitrogen and oxygen atoms in total. The number of halogens is 1. The number of carbonyl (C=O) groups is 2. The summed E-state index contributed by atoms with van der Waals surface area (Å²) in [5, 5.41) is 14.6. The molecule has 4 aromatic rings. The molecule has 3 N–H and O–H groups in total. The molecule has 0 spiro atoms. The Balaban J connectivity index is 1.28. The minimum absolute atomic E-state index is 0.0896. The fourth-order valence-electron chi connectivity index (χ4n) is 4.20. The Bertz CT molecular complexity index is 1440. The quantitative estimate of drug-likeness (QED) is 0.229. The van der Waals surface area contributed by atoms with Gasteiger partial charge in [0, 0.05) is 15.6 Å². The zero-order valence-corrected chi connectivity index (χ0v) is 22.4. The van der Waals surface area contributed by atoms with Crippen molar-refractivity contribution in [3.05, 3.63) is 69.6 Å². The highest BCUT2D eigenvalue weighted by atomic mass is 35.5. The van der Waals surface area contributed by atoms with Gasteiger partial charge < -0.3 is 15.4 Å². The molecule has 2 heterocycles. The second kappa shape index (κ2) is 11.4. The van der Waals surface area contributed by atoms with Crippen LogP contribution >= 0.6 is 34.7 Å². The molecule has 0 unspecified atom stereocenters. The van der Waals surface area contributed by atoms with Gasteiger partial charge in [0.2, 0.25) is 11.1 Å². The summed E-state index contributed by atoms with van der Waals surface area (Å²) in [6.07, 6.45) is 3.87. The number of aromatic nitrogens is 3. The molecular weight excluding hydrogens is 530 g/mol. The number of H-pyrrole nitrogens is 1. The number of anilines is 2. The molecule has 2 amide bonds. The number of aryl methyl sites for hydroxylation is 1. The normalized spacial score (nSPS) is 12.6. The molecule has 5 rings (SSSR count). The summed E-state index contributed by atoms with van der Waals surface area (Å²) >= 11 is 8.81. The summed E-state index contributed by atoms with van der Waals surface area (Å²) < 4.78 is 5.38. The maximum atomic E-state index is 13.2. The summed E-state index contributed by atoms with van der Waals surface area (Å²) in [5.41, 5.74) is 3.00. The smallest absolute Gasteiger partial charge is 0.258 e. The van der Waals surface area contributed by atoms with Crippen molar-refractivity contribution in [2.45, 2.75) is 30.8 Å². The topological polar surface area (TPSA) is 109 Å². The van der Waals surface area contributed by atoms with E-state index in [1.165, 1.54) is 28.0 Å². The highest BCUT2D eigenvalue weighted by molar-refractivity contribution is 7.99. The van der Waals surface area contributed by atoms with E-state index in [9.17, 15) is 9.59 Å². The van der Waals surface area contributed by atoms with Crippen molar-refractivity contribution in [1.29, 1.82) is 0 Å². The molecule has 1 aliphatic rings. The van der Waals surface area contributed by atoms with Gasteiger partial charge in [-0.1, -0.05) is 41.6 Å². The Labute approximate surface area is 227 Å². The minimum atomic E-state index is -0.232. The molecule has 0 bridgehead atoms. The Morgan fingerprint density at radius 1 is 1.14 bits per heavy atom. The maximum absolute atomic E-state index is 13.2. The molecule has 190 valence electrons. The van der Waals surface area contributed by atoms with E-state index in [4.69, 9.17) is 16.3 Å². The Hall–Kier alpha value is -3.34. The summed E-state index contributed by atoms with van der Waals surface area (Å²) in [7, 11) is 1.57. The second-order valence-corrected chi connectivity index (χ2v) is 10.9. The van der Waals surface area contributed by atoms with E-state index in [0.29, 0.717) is 43.6 Å². The summed E-state index contributed by atoms with van der Waals surface area (Å²) in [6, 6.07) is 14.6. The number of para-hydroxylation sites is 1. The summed E-state index contributed by atoms with van der Waals surface area (Å²) in [6.45, 7) is 0. The van der Waals surface area contributed by atoms with Crippen LogP contribution in [0.2, 0.25) is 5.02 Å². The lowest BCUT2D eigenvalue weighted by atomic mass is 9.95. The first kappa shape index (κ1) is 25.3. The molecule has 2 aromatic heterocycles. The monoisotopic (exact) mass is 553 g/mol. The van der Waals surface area contributed by atoms with Crippen LogP contribution in [-0.2, 0) is 17.6 Å². The van der Waals surface area contributed by atoms with Crippen LogP contribution < -0.4 is 15.4 Å². The average Bonchev–Trinajstić information content (AvgIpc) is 3.52. The van der Waals surface area contributed by atoms with E-state index >= 15 is 0 Å². The number of thioether (sulfide) groups is 1. The van der Waals surface area contributed by atoms with Crippen molar-refractivity contribution >= 4 is 57.2 Å². The number of thiophene rings is 1. The number of benzene rings is 2. The van der Waals surface area contributed by atoms with E-state index in [0.717, 1.165) is 31.2 Å². The number of aromatic amines is 1. The predicted octanol–water partition coefficient (Wildman–Crippen LogP) is 6.06. The lowest BCUT2D eigenvalue weighted by molar-refractivity contribution is -0.113. The molecule has 2 aromatic carbocycles. The largest absolute Gasteiger partial charge is 0.496 e. The number of hydrogen-bond donors (Lipinski definition) is 3. The van der Waals surface area contributed by atoms with Gasteiger partial charge in [-0.05, 0) is 61.6 Å². The standard InChI is InChI=1S/C26H24ClN5O3S2/c1-35-19-12-11-15(27)13-18(19)23-30-26(32-31-23)36-14-21(33)29-25-22(17-9-5-6-10-20(17)37-25)24(34)28-16-7-3-2-4-8-16/h2-4,7-8,11-13H,5-6,9-10,14H2,1H3,(H,28,34)(H,29,33)(H,30,31,32). The summed E-state index contributed by atoms with van der Waals surface area (Å²) in [4.78, 5) is 31.8. The lowest BCUT2D eigenvalue weighted by Gasteiger charge is -2.13. The van der Waals surface area contributed by atoms with Crippen molar-refractivity contribution in [2.24, 2.45) is 0 Å². The van der Waals surface area contributed by atoms with Gasteiger partial charge in [-0.25, -0.2) is 4.98 Å². The minimum Gasteiger partial charge on any atom is -0.496 e. The van der Waals surface area contributed by atoms with Crippen LogP contribution in [0.4, 0.5) is 10.7 Å². The Morgan fingerprint density at radius 3 is 2.76 bits per heavy atom. The summed E-state index contributed by atoms with van der Waals surface area (Å²) in [5.74, 6) is 0.754. The van der Waals surface area contributed by atoms with Crippen LogP contribution in [0.5, 0.6) is 5.75 Å². The van der Waals surface area contributed by atoms with Gasteiger partial charge in [0.15, 0.2) is 5.82 Å². The van der Waals surface area contributed by atoms with Crippen molar-refractivity contribution in [1.82, 2.24) is 15.2 Å². The van der Waals surface area contributed by atoms with Crippen molar-refractivity contribution in [2.75, 3.05) is 23.5 Å². The van der Waals surface area contributed by atoms with E-state index in [-0.39, 0.29) is 17.6 Å². The molecule has 0 atom stereocenters. The van der Waals surface area contributed by atoms with E-state index in [2.05, 4.69) is 25.8 Å². The lowest BCUT2D eigenvalue weighted by Crippen LogP contribution is -2.19. The third kappa shape index (κ3) is 5.82. The van der Waals surface area contributed by atoms with Crippen LogP contribution in [0.15, 0.2) is 53.7 Å². The van der Waals surface area contributed by atoms with E-state index in [1.54, 1.807) is 25.3 Å². The fourth-order valence-corrected chi connectivity index (χ4v) is 6.27. The van der Waals surface area contributed by atoms with Crippen molar-refractivity contribution < 1.29 is 14.3 Å². The molecule has 1 aliphatic carbocycles. The number of ether oxygens (including phenoxy) is 1. The van der Waals surface area contributed by atoms with E-state index < -0.39 is 0 Å². The molecule has 0 saturated carbocycles. The van der Waals surface area contributed by atoms with Crippen LogP contribution in [0.1, 0.15) is 33.6 Å². The molecule has 11 heteroatoms. The number of amides is 2. The number of nitrogens with zero attached hydrogens (tertiary/aromatic N) is 2. The number of hydrogen-bond acceptors (Lipinski definition) is 7. The molecule has 0 fully saturated rings. The molecule has 0 saturated heterocycles. The number of nitrogens with one attached hydrogen (secondary N) is 3. The Kier molecular flexibility index (Phi) is 7.78. The molecular formula is C26H24ClN5O3S2. The molecule has 0 aliphatic heterocycles. The van der Waals surface area contributed by atoms with E-state index in [1.807, 2.05) is 30.3 Å². The van der Waals surface area contributed by atoms with Gasteiger partial charge in [-0.2, -0.15) is 0 Å². The van der Waals surface area contributed by atoms with Gasteiger partial charge >= 0.3 is 0 Å². The molecule has 0 radical (unpaired) electrons. The fraction of sp³-hybridized carbons (Fsp3) is 0.231. The van der Waals surface area contributed by atoms with Gasteiger partial charge in [-0.3, -0.25) is 14.7 Å². The van der Waals surface area contributed by atoms with Gasteiger partial charge in [0.25, 0.3) is 5.91 Å². The highest BCUT2D eigenvalue weighted by Crippen LogP contribution is 2.39.